The summed E-state index contributed by atoms with van der Waals surface area (Å²) >= 11 is 0. The van der Waals surface area contributed by atoms with Gasteiger partial charge in [-0.2, -0.15) is 4.80 Å². The summed E-state index contributed by atoms with van der Waals surface area (Å²) in [5.41, 5.74) is 0.765. The fraction of sp³-hybridized carbons (Fsp3) is 0.552. The van der Waals surface area contributed by atoms with Gasteiger partial charge in [0.1, 0.15) is 24.1 Å². The number of aryl methyl sites for hydroxylation is 1. The number of nitrogens with one attached hydrogen (secondary N) is 1. The molecule has 1 aromatic carbocycles. The number of carbonyl (C=O) groups excluding carboxylic acids is 2. The summed E-state index contributed by atoms with van der Waals surface area (Å²) in [6.45, 7) is 1.73. The Morgan fingerprint density at radius 3 is 2.36 bits per heavy atom. The van der Waals surface area contributed by atoms with Gasteiger partial charge < -0.3 is 19.4 Å². The molecule has 0 unspecified atom stereocenters. The lowest BCUT2D eigenvalue weighted by Crippen LogP contribution is -2.52. The molecule has 2 fully saturated rings. The molecule has 1 atom stereocenters. The Hall–Kier alpha value is -3.69. The van der Waals surface area contributed by atoms with Crippen LogP contribution in [-0.4, -0.2) is 56.1 Å². The maximum absolute atomic E-state index is 14.1. The smallest absolute Gasteiger partial charge is 0.247 e. The van der Waals surface area contributed by atoms with Crippen LogP contribution in [0.25, 0.3) is 11.6 Å². The van der Waals surface area contributed by atoms with E-state index in [1.54, 1.807) is 18.1 Å². The number of carbonyl (C=O) groups is 2. The van der Waals surface area contributed by atoms with Crippen molar-refractivity contribution < 1.29 is 18.7 Å². The van der Waals surface area contributed by atoms with E-state index in [9.17, 15) is 9.59 Å². The molecule has 10 heteroatoms. The summed E-state index contributed by atoms with van der Waals surface area (Å²) < 4.78 is 11.0. The number of benzene rings is 1. The highest BCUT2D eigenvalue weighted by Crippen LogP contribution is 2.33. The van der Waals surface area contributed by atoms with E-state index in [1.165, 1.54) is 11.2 Å². The highest BCUT2D eigenvalue weighted by Gasteiger charge is 2.38. The SMILES string of the molecule is COc1ccc([C@@H](C(=O)NC2CCCCC2)N(C(=O)Cn2nnc(-c3ccc(C)o3)n2)C2CCCCC2)cc1. The molecule has 2 amide bonds. The molecular formula is C29H38N6O4. The van der Waals surface area contributed by atoms with Crippen LogP contribution in [0.1, 0.15) is 81.6 Å². The van der Waals surface area contributed by atoms with Gasteiger partial charge in [-0.15, -0.1) is 10.2 Å². The molecule has 0 saturated heterocycles. The summed E-state index contributed by atoms with van der Waals surface area (Å²) in [4.78, 5) is 31.1. The fourth-order valence-corrected chi connectivity index (χ4v) is 5.84. The Morgan fingerprint density at radius 2 is 1.72 bits per heavy atom. The lowest BCUT2D eigenvalue weighted by molar-refractivity contribution is -0.145. The second-order valence-corrected chi connectivity index (χ2v) is 10.7. The number of tetrazole rings is 1. The number of hydrogen-bond acceptors (Lipinski definition) is 7. The van der Waals surface area contributed by atoms with Crippen molar-refractivity contribution in [2.24, 2.45) is 0 Å². The molecule has 2 heterocycles. The average Bonchev–Trinajstić information content (AvgIpc) is 3.61. The lowest BCUT2D eigenvalue weighted by atomic mass is 9.90. The third-order valence-electron chi connectivity index (χ3n) is 7.86. The van der Waals surface area contributed by atoms with Crippen molar-refractivity contribution in [2.45, 2.75) is 95.8 Å². The molecule has 1 N–H and O–H groups in total. The van der Waals surface area contributed by atoms with E-state index in [4.69, 9.17) is 9.15 Å². The highest BCUT2D eigenvalue weighted by molar-refractivity contribution is 5.89. The molecule has 2 aliphatic rings. The van der Waals surface area contributed by atoms with Crippen LogP contribution in [0.2, 0.25) is 0 Å². The normalized spacial score (nSPS) is 17.5. The van der Waals surface area contributed by atoms with Gasteiger partial charge in [-0.05, 0) is 67.6 Å². The van der Waals surface area contributed by atoms with E-state index in [0.717, 1.165) is 69.1 Å². The van der Waals surface area contributed by atoms with Gasteiger partial charge in [0.05, 0.1) is 7.11 Å². The molecule has 0 aliphatic heterocycles. The van der Waals surface area contributed by atoms with Crippen LogP contribution in [0.4, 0.5) is 0 Å². The summed E-state index contributed by atoms with van der Waals surface area (Å²) in [6.07, 6.45) is 10.3. The number of hydrogen-bond donors (Lipinski definition) is 1. The molecule has 208 valence electrons. The first-order valence-corrected chi connectivity index (χ1v) is 14.1. The molecule has 2 aromatic heterocycles. The van der Waals surface area contributed by atoms with Crippen LogP contribution in [0.15, 0.2) is 40.8 Å². The number of amides is 2. The summed E-state index contributed by atoms with van der Waals surface area (Å²) in [5.74, 6) is 1.92. The van der Waals surface area contributed by atoms with Crippen molar-refractivity contribution >= 4 is 11.8 Å². The summed E-state index contributed by atoms with van der Waals surface area (Å²) in [6, 6.07) is 10.4. The number of methoxy groups -OCH3 is 1. The lowest BCUT2D eigenvalue weighted by Gasteiger charge is -2.40. The number of ether oxygens (including phenoxy) is 1. The van der Waals surface area contributed by atoms with Crippen molar-refractivity contribution in [3.8, 4) is 17.3 Å². The van der Waals surface area contributed by atoms with Gasteiger partial charge in [-0.25, -0.2) is 0 Å². The van der Waals surface area contributed by atoms with Crippen molar-refractivity contribution in [1.82, 2.24) is 30.4 Å². The second-order valence-electron chi connectivity index (χ2n) is 10.7. The zero-order valence-electron chi connectivity index (χ0n) is 22.8. The first-order valence-electron chi connectivity index (χ1n) is 14.1. The molecule has 39 heavy (non-hydrogen) atoms. The third-order valence-corrected chi connectivity index (χ3v) is 7.86. The molecule has 5 rings (SSSR count). The molecule has 3 aromatic rings. The van der Waals surface area contributed by atoms with Crippen LogP contribution in [0.5, 0.6) is 5.75 Å². The Bertz CT molecular complexity index is 1240. The first kappa shape index (κ1) is 26.9. The minimum Gasteiger partial charge on any atom is -0.497 e. The van der Waals surface area contributed by atoms with Gasteiger partial charge in [0.25, 0.3) is 0 Å². The zero-order valence-corrected chi connectivity index (χ0v) is 22.8. The van der Waals surface area contributed by atoms with Gasteiger partial charge in [-0.3, -0.25) is 9.59 Å². The Morgan fingerprint density at radius 1 is 1.03 bits per heavy atom. The monoisotopic (exact) mass is 534 g/mol. The molecular weight excluding hydrogens is 496 g/mol. The summed E-state index contributed by atoms with van der Waals surface area (Å²) in [7, 11) is 1.61. The van der Waals surface area contributed by atoms with Crippen LogP contribution < -0.4 is 10.1 Å². The van der Waals surface area contributed by atoms with Gasteiger partial charge >= 0.3 is 0 Å². The maximum Gasteiger partial charge on any atom is 0.247 e. The Labute approximate surface area is 229 Å². The quantitative estimate of drug-likeness (QED) is 0.426. The van der Waals surface area contributed by atoms with Crippen molar-refractivity contribution in [3.05, 3.63) is 47.7 Å². The Balaban J connectivity index is 1.45. The van der Waals surface area contributed by atoms with E-state index in [2.05, 4.69) is 20.7 Å². The van der Waals surface area contributed by atoms with Crippen LogP contribution in [-0.2, 0) is 16.1 Å². The third kappa shape index (κ3) is 6.49. The van der Waals surface area contributed by atoms with Crippen molar-refractivity contribution in [1.29, 1.82) is 0 Å². The second kappa shape index (κ2) is 12.4. The van der Waals surface area contributed by atoms with Crippen molar-refractivity contribution in [2.75, 3.05) is 7.11 Å². The van der Waals surface area contributed by atoms with Gasteiger partial charge in [0.15, 0.2) is 5.76 Å². The minimum absolute atomic E-state index is 0.0498. The molecule has 2 aliphatic carbocycles. The number of rotatable bonds is 9. The first-order chi connectivity index (χ1) is 19.0. The average molecular weight is 535 g/mol. The fourth-order valence-electron chi connectivity index (χ4n) is 5.84. The maximum atomic E-state index is 14.1. The minimum atomic E-state index is -0.760. The van der Waals surface area contributed by atoms with Crippen molar-refractivity contribution in [3.63, 3.8) is 0 Å². The molecule has 0 bridgehead atoms. The van der Waals surface area contributed by atoms with E-state index in [1.807, 2.05) is 37.3 Å². The number of nitrogens with zero attached hydrogens (tertiary/aromatic N) is 5. The molecule has 2 saturated carbocycles. The number of aromatic nitrogens is 4. The molecule has 0 radical (unpaired) electrons. The van der Waals surface area contributed by atoms with E-state index >= 15 is 0 Å². The van der Waals surface area contributed by atoms with E-state index in [0.29, 0.717) is 17.3 Å². The standard InChI is InChI=1S/C29H38N6O4/c1-20-13-18-25(39-20)28-31-33-34(32-28)19-26(36)35(23-11-7-4-8-12-23)27(21-14-16-24(38-2)17-15-21)29(37)30-22-9-5-3-6-10-22/h13-18,22-23,27H,3-12,19H2,1-2H3,(H,30,37)/t27-/m0/s1. The van der Waals surface area contributed by atoms with Gasteiger partial charge in [0, 0.05) is 12.1 Å². The van der Waals surface area contributed by atoms with Crippen LogP contribution in [0, 0.1) is 6.92 Å². The zero-order chi connectivity index (χ0) is 27.2. The summed E-state index contributed by atoms with van der Waals surface area (Å²) in [5, 5.41) is 15.9. The number of furan rings is 1. The van der Waals surface area contributed by atoms with Crippen LogP contribution in [0.3, 0.4) is 0 Å². The highest BCUT2D eigenvalue weighted by atomic mass is 16.5. The Kier molecular flexibility index (Phi) is 8.58. The van der Waals surface area contributed by atoms with Gasteiger partial charge in [0.2, 0.25) is 17.6 Å². The topological polar surface area (TPSA) is 115 Å². The molecule has 10 nitrogen and oxygen atoms in total. The van der Waals surface area contributed by atoms with Gasteiger partial charge in [-0.1, -0.05) is 50.7 Å². The van der Waals surface area contributed by atoms with Crippen LogP contribution >= 0.6 is 0 Å². The van der Waals surface area contributed by atoms with E-state index < -0.39 is 6.04 Å². The predicted molar refractivity (Wildman–Crippen MR) is 145 cm³/mol. The van der Waals surface area contributed by atoms with E-state index in [-0.39, 0.29) is 30.4 Å². The predicted octanol–water partition coefficient (Wildman–Crippen LogP) is 4.60. The molecule has 0 spiro atoms. The largest absolute Gasteiger partial charge is 0.497 e.